The van der Waals surface area contributed by atoms with Crippen LogP contribution in [0.2, 0.25) is 0 Å². The average Bonchev–Trinajstić information content (AvgIpc) is 3.02. The fraction of sp³-hybridized carbons (Fsp3) is 0. The van der Waals surface area contributed by atoms with Crippen LogP contribution in [-0.4, -0.2) is 5.11 Å². The Morgan fingerprint density at radius 3 is 2.08 bits per heavy atom. The number of halogens is 4. The van der Waals surface area contributed by atoms with E-state index in [2.05, 4.69) is 0 Å². The van der Waals surface area contributed by atoms with E-state index in [0.717, 1.165) is 27.1 Å². The van der Waals surface area contributed by atoms with Crippen LogP contribution in [0.1, 0.15) is 0 Å². The third kappa shape index (κ3) is 2.82. The minimum atomic E-state index is -1.58. The van der Waals surface area contributed by atoms with Gasteiger partial charge in [-0.2, -0.15) is 0 Å². The molecule has 0 aliphatic carbocycles. The van der Waals surface area contributed by atoms with E-state index in [9.17, 15) is 22.7 Å². The van der Waals surface area contributed by atoms with E-state index < -0.39 is 23.3 Å². The molecule has 0 aliphatic rings. The van der Waals surface area contributed by atoms with E-state index in [0.29, 0.717) is 5.56 Å². The van der Waals surface area contributed by atoms with Gasteiger partial charge in [0, 0.05) is 15.1 Å². The summed E-state index contributed by atoms with van der Waals surface area (Å²) in [5.74, 6) is -4.85. The van der Waals surface area contributed by atoms with Crippen LogP contribution < -0.4 is 0 Å². The first kappa shape index (κ1) is 16.6. The number of thiophene rings is 1. The number of hydrogen-bond acceptors (Lipinski definition) is 2. The molecule has 0 saturated carbocycles. The third-order valence-electron chi connectivity index (χ3n) is 4.05. The van der Waals surface area contributed by atoms with Crippen LogP contribution in [0.15, 0.2) is 54.6 Å². The smallest absolute Gasteiger partial charge is 0.194 e. The third-order valence-corrected chi connectivity index (χ3v) is 5.20. The predicted molar refractivity (Wildman–Crippen MR) is 94.2 cm³/mol. The van der Waals surface area contributed by atoms with Gasteiger partial charge < -0.3 is 5.11 Å². The van der Waals surface area contributed by atoms with E-state index in [1.165, 1.54) is 23.5 Å². The molecule has 26 heavy (non-hydrogen) atoms. The van der Waals surface area contributed by atoms with Crippen LogP contribution in [0, 0.1) is 23.3 Å². The molecule has 1 N–H and O–H groups in total. The molecule has 1 heterocycles. The monoisotopic (exact) mass is 374 g/mol. The Kier molecular flexibility index (Phi) is 3.92. The lowest BCUT2D eigenvalue weighted by Crippen LogP contribution is -1.93. The summed E-state index contributed by atoms with van der Waals surface area (Å²) in [5, 5.41) is 10.5. The summed E-state index contributed by atoms with van der Waals surface area (Å²) < 4.78 is 55.3. The van der Waals surface area contributed by atoms with Gasteiger partial charge >= 0.3 is 0 Å². The number of rotatable bonds is 2. The summed E-state index contributed by atoms with van der Waals surface area (Å²) in [4.78, 5) is 0.785. The van der Waals surface area contributed by atoms with Crippen LogP contribution in [-0.2, 0) is 0 Å². The quantitative estimate of drug-likeness (QED) is 0.314. The van der Waals surface area contributed by atoms with E-state index in [4.69, 9.17) is 0 Å². The summed E-state index contributed by atoms with van der Waals surface area (Å²) in [7, 11) is 0. The van der Waals surface area contributed by atoms with E-state index in [-0.39, 0.29) is 16.9 Å². The minimum absolute atomic E-state index is 0.0229. The van der Waals surface area contributed by atoms with Gasteiger partial charge in [-0.15, -0.1) is 11.3 Å². The summed E-state index contributed by atoms with van der Waals surface area (Å²) in [6.45, 7) is 0. The molecule has 0 amide bonds. The maximum absolute atomic E-state index is 14.5. The number of benzene rings is 3. The molecule has 1 aromatic heterocycles. The highest BCUT2D eigenvalue weighted by Crippen LogP contribution is 2.37. The summed E-state index contributed by atoms with van der Waals surface area (Å²) in [5.41, 5.74) is 0.493. The highest BCUT2D eigenvalue weighted by molar-refractivity contribution is 7.22. The first-order valence-corrected chi connectivity index (χ1v) is 8.41. The van der Waals surface area contributed by atoms with E-state index in [1.807, 2.05) is 6.07 Å². The maximum Gasteiger partial charge on any atom is 0.194 e. The van der Waals surface area contributed by atoms with Crippen LogP contribution in [0.3, 0.4) is 0 Å². The molecule has 0 unspecified atom stereocenters. The fourth-order valence-electron chi connectivity index (χ4n) is 2.78. The van der Waals surface area contributed by atoms with Gasteiger partial charge in [-0.3, -0.25) is 0 Å². The highest BCUT2D eigenvalue weighted by Gasteiger charge is 2.15. The van der Waals surface area contributed by atoms with Gasteiger partial charge in [0.05, 0.1) is 0 Å². The van der Waals surface area contributed by atoms with Crippen molar-refractivity contribution >= 4 is 21.4 Å². The van der Waals surface area contributed by atoms with Crippen molar-refractivity contribution in [1.82, 2.24) is 0 Å². The molecule has 130 valence electrons. The van der Waals surface area contributed by atoms with Gasteiger partial charge in [0.2, 0.25) is 0 Å². The fourth-order valence-corrected chi connectivity index (χ4v) is 3.87. The van der Waals surface area contributed by atoms with Crippen LogP contribution >= 0.6 is 11.3 Å². The Bertz CT molecular complexity index is 1130. The lowest BCUT2D eigenvalue weighted by molar-refractivity contribution is 0.447. The molecule has 0 aliphatic heterocycles. The second kappa shape index (κ2) is 6.14. The van der Waals surface area contributed by atoms with Crippen molar-refractivity contribution in [2.45, 2.75) is 0 Å². The van der Waals surface area contributed by atoms with Gasteiger partial charge in [0.25, 0.3) is 0 Å². The summed E-state index contributed by atoms with van der Waals surface area (Å²) in [6, 6.07) is 12.6. The first-order chi connectivity index (χ1) is 12.4. The minimum Gasteiger partial charge on any atom is -0.508 e. The maximum atomic E-state index is 14.5. The van der Waals surface area contributed by atoms with Crippen molar-refractivity contribution in [1.29, 1.82) is 0 Å². The van der Waals surface area contributed by atoms with Gasteiger partial charge in [-0.05, 0) is 59.0 Å². The number of hydrogen-bond donors (Lipinski definition) is 1. The van der Waals surface area contributed by atoms with E-state index >= 15 is 0 Å². The average molecular weight is 374 g/mol. The molecule has 3 aromatic carbocycles. The van der Waals surface area contributed by atoms with Crippen LogP contribution in [0.4, 0.5) is 17.6 Å². The number of aromatic hydroxyl groups is 1. The Morgan fingerprint density at radius 1 is 0.692 bits per heavy atom. The van der Waals surface area contributed by atoms with Crippen molar-refractivity contribution in [3.8, 4) is 27.3 Å². The summed E-state index contributed by atoms with van der Waals surface area (Å²) >= 11 is 1.39. The lowest BCUT2D eigenvalue weighted by atomic mass is 10.0. The summed E-state index contributed by atoms with van der Waals surface area (Å²) in [6.07, 6.45) is 0. The zero-order valence-electron chi connectivity index (χ0n) is 13.1. The van der Waals surface area contributed by atoms with Crippen molar-refractivity contribution < 1.29 is 22.7 Å². The zero-order chi connectivity index (χ0) is 18.4. The van der Waals surface area contributed by atoms with Crippen molar-refractivity contribution in [3.05, 3.63) is 77.9 Å². The molecule has 0 saturated heterocycles. The number of fused-ring (bicyclic) bond motifs is 1. The first-order valence-electron chi connectivity index (χ1n) is 7.60. The Hall–Kier alpha value is -2.86. The SMILES string of the molecule is Oc1ccc2cc(-c3ccc(-c4cc(F)c(F)c(F)c4)c(F)c3)sc2c1. The van der Waals surface area contributed by atoms with Crippen molar-refractivity contribution in [3.63, 3.8) is 0 Å². The van der Waals surface area contributed by atoms with Crippen LogP contribution in [0.5, 0.6) is 5.75 Å². The molecule has 0 bridgehead atoms. The van der Waals surface area contributed by atoms with Gasteiger partial charge in [0.15, 0.2) is 17.5 Å². The molecule has 1 nitrogen and oxygen atoms in total. The highest BCUT2D eigenvalue weighted by atomic mass is 32.1. The molecule has 0 radical (unpaired) electrons. The lowest BCUT2D eigenvalue weighted by Gasteiger charge is -2.07. The normalized spacial score (nSPS) is 11.2. The molecule has 4 aromatic rings. The standard InChI is InChI=1S/C20H10F4OS/c21-15-5-10(18-8-11-1-3-13(25)9-19(11)26-18)2-4-14(15)12-6-16(22)20(24)17(23)7-12/h1-9,25H. The Labute approximate surface area is 149 Å². The zero-order valence-corrected chi connectivity index (χ0v) is 13.9. The van der Waals surface area contributed by atoms with E-state index in [1.54, 1.807) is 24.3 Å². The van der Waals surface area contributed by atoms with Crippen LogP contribution in [0.25, 0.3) is 31.7 Å². The Morgan fingerprint density at radius 2 is 1.38 bits per heavy atom. The topological polar surface area (TPSA) is 20.2 Å². The van der Waals surface area contributed by atoms with Gasteiger partial charge in [0.1, 0.15) is 11.6 Å². The molecule has 6 heteroatoms. The molecular formula is C20H10F4OS. The molecular weight excluding hydrogens is 364 g/mol. The molecule has 4 rings (SSSR count). The second-order valence-electron chi connectivity index (χ2n) is 5.78. The van der Waals surface area contributed by atoms with Gasteiger partial charge in [-0.1, -0.05) is 12.1 Å². The second-order valence-corrected chi connectivity index (χ2v) is 6.87. The molecule has 0 spiro atoms. The van der Waals surface area contributed by atoms with Crippen molar-refractivity contribution in [2.24, 2.45) is 0 Å². The molecule has 0 fully saturated rings. The Balaban J connectivity index is 1.78. The number of phenolic OH excluding ortho intramolecular Hbond substituents is 1. The van der Waals surface area contributed by atoms with Gasteiger partial charge in [-0.25, -0.2) is 17.6 Å². The molecule has 0 atom stereocenters. The van der Waals surface area contributed by atoms with Crippen molar-refractivity contribution in [2.75, 3.05) is 0 Å². The largest absolute Gasteiger partial charge is 0.508 e. The number of phenols is 1. The predicted octanol–water partition coefficient (Wildman–Crippen LogP) is 6.50.